The minimum Gasteiger partial charge on any atom is -0.497 e. The molecule has 112 valence electrons. The van der Waals surface area contributed by atoms with Crippen LogP contribution in [0.5, 0.6) is 11.5 Å². The fourth-order valence-corrected chi connectivity index (χ4v) is 1.87. The summed E-state index contributed by atoms with van der Waals surface area (Å²) in [5, 5.41) is 6.85. The van der Waals surface area contributed by atoms with E-state index in [1.807, 2.05) is 0 Å². The molecule has 7 heteroatoms. The number of amides is 1. The molecule has 1 heterocycles. The molecule has 21 heavy (non-hydrogen) atoms. The maximum absolute atomic E-state index is 12.2. The maximum Gasteiger partial charge on any atom is 0.255 e. The molecule has 1 aromatic carbocycles. The number of nitrogens with one attached hydrogen (secondary N) is 1. The second-order valence-corrected chi connectivity index (χ2v) is 4.36. The topological polar surface area (TPSA) is 91.4 Å². The average Bonchev–Trinajstić information content (AvgIpc) is 2.91. The van der Waals surface area contributed by atoms with E-state index in [2.05, 4.69) is 10.4 Å². The van der Waals surface area contributed by atoms with Crippen LogP contribution < -0.4 is 20.5 Å². The lowest BCUT2D eigenvalue weighted by Crippen LogP contribution is -2.27. The molecule has 0 saturated carbocycles. The summed E-state index contributed by atoms with van der Waals surface area (Å²) in [7, 11) is 3.07. The van der Waals surface area contributed by atoms with Gasteiger partial charge >= 0.3 is 0 Å². The number of nitrogens with two attached hydrogens (primary N) is 1. The van der Waals surface area contributed by atoms with Crippen molar-refractivity contribution in [2.75, 3.05) is 26.5 Å². The number of nitrogens with zero attached hydrogens (tertiary/aromatic N) is 2. The molecular formula is C14H18N4O3. The summed E-state index contributed by atoms with van der Waals surface area (Å²) in [5.74, 6) is 0.864. The van der Waals surface area contributed by atoms with E-state index in [0.717, 1.165) is 0 Å². The Morgan fingerprint density at radius 2 is 2.19 bits per heavy atom. The Labute approximate surface area is 122 Å². The first-order chi connectivity index (χ1) is 10.1. The lowest BCUT2D eigenvalue weighted by Gasteiger charge is -2.11. The third-order valence-electron chi connectivity index (χ3n) is 2.93. The van der Waals surface area contributed by atoms with Gasteiger partial charge in [-0.1, -0.05) is 0 Å². The van der Waals surface area contributed by atoms with E-state index in [9.17, 15) is 4.79 Å². The second kappa shape index (κ2) is 6.65. The summed E-state index contributed by atoms with van der Waals surface area (Å²) >= 11 is 0. The van der Waals surface area contributed by atoms with Crippen LogP contribution in [0.15, 0.2) is 30.6 Å². The van der Waals surface area contributed by atoms with Crippen LogP contribution in [-0.4, -0.2) is 36.5 Å². The normalized spacial score (nSPS) is 10.2. The number of carbonyl (C=O) groups excluding carboxylic acids is 1. The molecule has 0 spiro atoms. The van der Waals surface area contributed by atoms with Crippen LogP contribution in [0.1, 0.15) is 10.4 Å². The molecule has 3 N–H and O–H groups in total. The minimum atomic E-state index is -0.231. The van der Waals surface area contributed by atoms with Gasteiger partial charge in [-0.3, -0.25) is 9.48 Å². The standard InChI is InChI=1S/C14H18N4O3/c1-20-11-3-4-13(21-2)12(7-11)14(19)16-5-6-18-9-10(15)8-17-18/h3-4,7-9H,5-6,15H2,1-2H3,(H,16,19). The highest BCUT2D eigenvalue weighted by molar-refractivity contribution is 5.97. The summed E-state index contributed by atoms with van der Waals surface area (Å²) in [4.78, 5) is 12.2. The Morgan fingerprint density at radius 3 is 2.81 bits per heavy atom. The number of rotatable bonds is 6. The fourth-order valence-electron chi connectivity index (χ4n) is 1.87. The zero-order valence-electron chi connectivity index (χ0n) is 12.0. The Bertz CT molecular complexity index is 624. The van der Waals surface area contributed by atoms with Crippen LogP contribution in [0.3, 0.4) is 0 Å². The van der Waals surface area contributed by atoms with Gasteiger partial charge in [0, 0.05) is 12.7 Å². The van der Waals surface area contributed by atoms with E-state index < -0.39 is 0 Å². The number of methoxy groups -OCH3 is 2. The van der Waals surface area contributed by atoms with Crippen LogP contribution >= 0.6 is 0 Å². The van der Waals surface area contributed by atoms with Crippen molar-refractivity contribution in [1.29, 1.82) is 0 Å². The molecule has 0 radical (unpaired) electrons. The first-order valence-corrected chi connectivity index (χ1v) is 6.42. The van der Waals surface area contributed by atoms with Gasteiger partial charge in [0.2, 0.25) is 0 Å². The zero-order chi connectivity index (χ0) is 15.2. The summed E-state index contributed by atoms with van der Waals surface area (Å²) in [6.07, 6.45) is 3.27. The molecule has 0 aliphatic heterocycles. The minimum absolute atomic E-state index is 0.231. The zero-order valence-corrected chi connectivity index (χ0v) is 12.0. The Hall–Kier alpha value is -2.70. The van der Waals surface area contributed by atoms with Crippen LogP contribution in [-0.2, 0) is 6.54 Å². The van der Waals surface area contributed by atoms with Gasteiger partial charge in [0.05, 0.1) is 38.2 Å². The van der Waals surface area contributed by atoms with Crippen molar-refractivity contribution in [2.45, 2.75) is 6.54 Å². The molecule has 1 aromatic heterocycles. The second-order valence-electron chi connectivity index (χ2n) is 4.36. The molecule has 0 unspecified atom stereocenters. The molecule has 0 saturated heterocycles. The average molecular weight is 290 g/mol. The Morgan fingerprint density at radius 1 is 1.38 bits per heavy atom. The molecule has 0 atom stereocenters. The van der Waals surface area contributed by atoms with Crippen LogP contribution in [0.4, 0.5) is 5.69 Å². The first-order valence-electron chi connectivity index (χ1n) is 6.42. The van der Waals surface area contributed by atoms with Gasteiger partial charge in [-0.05, 0) is 18.2 Å². The Balaban J connectivity index is 1.99. The largest absolute Gasteiger partial charge is 0.497 e. The predicted octanol–water partition coefficient (Wildman–Crippen LogP) is 0.912. The molecule has 0 fully saturated rings. The number of hydrogen-bond donors (Lipinski definition) is 2. The predicted molar refractivity (Wildman–Crippen MR) is 78.5 cm³/mol. The van der Waals surface area contributed by atoms with Gasteiger partial charge in [-0.25, -0.2) is 0 Å². The molecule has 1 amide bonds. The van der Waals surface area contributed by atoms with E-state index in [-0.39, 0.29) is 5.91 Å². The Kier molecular flexibility index (Phi) is 4.65. The summed E-state index contributed by atoms with van der Waals surface area (Å²) in [6, 6.07) is 5.07. The SMILES string of the molecule is COc1ccc(OC)c(C(=O)NCCn2cc(N)cn2)c1. The summed E-state index contributed by atoms with van der Waals surface area (Å²) in [6.45, 7) is 0.968. The van der Waals surface area contributed by atoms with Crippen molar-refractivity contribution in [3.05, 3.63) is 36.2 Å². The van der Waals surface area contributed by atoms with Crippen molar-refractivity contribution in [2.24, 2.45) is 0 Å². The highest BCUT2D eigenvalue weighted by Crippen LogP contribution is 2.23. The van der Waals surface area contributed by atoms with Gasteiger partial charge in [0.1, 0.15) is 11.5 Å². The van der Waals surface area contributed by atoms with E-state index in [1.165, 1.54) is 7.11 Å². The monoisotopic (exact) mass is 290 g/mol. The lowest BCUT2D eigenvalue weighted by molar-refractivity contribution is 0.0948. The molecule has 2 aromatic rings. The number of nitrogen functional groups attached to an aromatic ring is 1. The molecule has 2 rings (SSSR count). The van der Waals surface area contributed by atoms with E-state index >= 15 is 0 Å². The highest BCUT2D eigenvalue weighted by atomic mass is 16.5. The van der Waals surface area contributed by atoms with Gasteiger partial charge in [-0.15, -0.1) is 0 Å². The summed E-state index contributed by atoms with van der Waals surface area (Å²) in [5.41, 5.74) is 6.59. The third kappa shape index (κ3) is 3.65. The van der Waals surface area contributed by atoms with Gasteiger partial charge in [0.15, 0.2) is 0 Å². The summed E-state index contributed by atoms with van der Waals surface area (Å²) < 4.78 is 12.0. The molecule has 7 nitrogen and oxygen atoms in total. The number of anilines is 1. The number of ether oxygens (including phenoxy) is 2. The molecule has 0 aliphatic carbocycles. The van der Waals surface area contributed by atoms with Crippen molar-refractivity contribution >= 4 is 11.6 Å². The van der Waals surface area contributed by atoms with Crippen molar-refractivity contribution in [3.63, 3.8) is 0 Å². The van der Waals surface area contributed by atoms with E-state index in [4.69, 9.17) is 15.2 Å². The van der Waals surface area contributed by atoms with E-state index in [0.29, 0.717) is 35.8 Å². The number of aromatic nitrogens is 2. The van der Waals surface area contributed by atoms with Crippen LogP contribution in [0.25, 0.3) is 0 Å². The molecular weight excluding hydrogens is 272 g/mol. The number of benzene rings is 1. The molecule has 0 bridgehead atoms. The molecule has 0 aliphatic rings. The first kappa shape index (κ1) is 14.7. The van der Waals surface area contributed by atoms with Gasteiger partial charge < -0.3 is 20.5 Å². The highest BCUT2D eigenvalue weighted by Gasteiger charge is 2.13. The maximum atomic E-state index is 12.2. The lowest BCUT2D eigenvalue weighted by atomic mass is 10.1. The van der Waals surface area contributed by atoms with Crippen molar-refractivity contribution in [1.82, 2.24) is 15.1 Å². The van der Waals surface area contributed by atoms with Crippen LogP contribution in [0, 0.1) is 0 Å². The number of hydrogen-bond acceptors (Lipinski definition) is 5. The smallest absolute Gasteiger partial charge is 0.255 e. The van der Waals surface area contributed by atoms with E-state index in [1.54, 1.807) is 42.4 Å². The van der Waals surface area contributed by atoms with Crippen LogP contribution in [0.2, 0.25) is 0 Å². The number of carbonyl (C=O) groups is 1. The third-order valence-corrected chi connectivity index (χ3v) is 2.93. The van der Waals surface area contributed by atoms with Crippen molar-refractivity contribution in [3.8, 4) is 11.5 Å². The van der Waals surface area contributed by atoms with Gasteiger partial charge in [0.25, 0.3) is 5.91 Å². The van der Waals surface area contributed by atoms with Gasteiger partial charge in [-0.2, -0.15) is 5.10 Å². The quantitative estimate of drug-likeness (QED) is 0.825. The van der Waals surface area contributed by atoms with Crippen molar-refractivity contribution < 1.29 is 14.3 Å². The fraction of sp³-hybridized carbons (Fsp3) is 0.286.